The van der Waals surface area contributed by atoms with Gasteiger partial charge in [-0.1, -0.05) is 43.6 Å². The Hall–Kier alpha value is -2.97. The fourth-order valence-electron chi connectivity index (χ4n) is 4.44. The summed E-state index contributed by atoms with van der Waals surface area (Å²) in [7, 11) is 0. The van der Waals surface area contributed by atoms with Gasteiger partial charge in [0.1, 0.15) is 18.2 Å². The summed E-state index contributed by atoms with van der Waals surface area (Å²) in [6.07, 6.45) is 0.331. The zero-order valence-corrected chi connectivity index (χ0v) is 21.6. The minimum absolute atomic E-state index is 0.00656. The van der Waals surface area contributed by atoms with Crippen LogP contribution in [0.25, 0.3) is 0 Å². The number of hydrogen-bond donors (Lipinski definition) is 1. The second kappa shape index (κ2) is 12.3. The molecule has 1 N–H and O–H groups in total. The molecule has 9 heteroatoms. The van der Waals surface area contributed by atoms with E-state index < -0.39 is 17.8 Å². The molecule has 2 aromatic rings. The minimum Gasteiger partial charge on any atom is -0.491 e. The van der Waals surface area contributed by atoms with E-state index in [0.29, 0.717) is 24.4 Å². The van der Waals surface area contributed by atoms with Crippen LogP contribution in [0.3, 0.4) is 0 Å². The molecule has 1 atom stereocenters. The summed E-state index contributed by atoms with van der Waals surface area (Å²) >= 11 is 5.85. The van der Waals surface area contributed by atoms with Gasteiger partial charge in [0, 0.05) is 32.0 Å². The molecule has 1 heterocycles. The molecule has 1 saturated heterocycles. The summed E-state index contributed by atoms with van der Waals surface area (Å²) in [6.45, 7) is 7.49. The maximum atomic E-state index is 14.2. The Morgan fingerprint density at radius 3 is 2.44 bits per heavy atom. The first-order valence-corrected chi connectivity index (χ1v) is 12.4. The summed E-state index contributed by atoms with van der Waals surface area (Å²) in [4.78, 5) is 38.5. The number of aryl methyl sites for hydroxylation is 1. The summed E-state index contributed by atoms with van der Waals surface area (Å²) < 4.78 is 20.0. The zero-order valence-electron chi connectivity index (χ0n) is 20.8. The molecule has 36 heavy (non-hydrogen) atoms. The van der Waals surface area contributed by atoms with Crippen LogP contribution in [0.5, 0.6) is 5.75 Å². The number of halogens is 2. The molecule has 2 aromatic carbocycles. The number of carbonyl (C=O) groups is 3. The Morgan fingerprint density at radius 2 is 1.86 bits per heavy atom. The maximum Gasteiger partial charge on any atom is 0.305 e. The number of carbonyl (C=O) groups excluding carboxylic acids is 2. The second-order valence-corrected chi connectivity index (χ2v) is 9.91. The van der Waals surface area contributed by atoms with Gasteiger partial charge in [0.05, 0.1) is 18.0 Å². The topological polar surface area (TPSA) is 87.2 Å². The van der Waals surface area contributed by atoms with E-state index in [1.54, 1.807) is 6.07 Å². The van der Waals surface area contributed by atoms with Crippen molar-refractivity contribution in [2.75, 3.05) is 19.7 Å². The first kappa shape index (κ1) is 27.6. The number of hydrogen-bond acceptors (Lipinski definition) is 5. The molecular formula is C27H32ClFN2O5. The van der Waals surface area contributed by atoms with Gasteiger partial charge in [-0.2, -0.15) is 0 Å². The monoisotopic (exact) mass is 518 g/mol. The van der Waals surface area contributed by atoms with Crippen LogP contribution in [0.2, 0.25) is 5.02 Å². The lowest BCUT2D eigenvalue weighted by atomic mass is 9.99. The van der Waals surface area contributed by atoms with Crippen molar-refractivity contribution in [2.45, 2.75) is 52.6 Å². The number of amides is 2. The molecule has 0 aromatic heterocycles. The number of ether oxygens (including phenoxy) is 1. The number of likely N-dealkylation sites (tertiary alicyclic amines) is 1. The van der Waals surface area contributed by atoms with E-state index in [2.05, 4.69) is 0 Å². The summed E-state index contributed by atoms with van der Waals surface area (Å²) in [5.74, 6) is -0.995. The molecule has 2 amide bonds. The van der Waals surface area contributed by atoms with Gasteiger partial charge >= 0.3 is 5.97 Å². The van der Waals surface area contributed by atoms with Crippen LogP contribution in [0, 0.1) is 18.7 Å². The molecule has 1 unspecified atom stereocenters. The van der Waals surface area contributed by atoms with Crippen LogP contribution >= 0.6 is 11.6 Å². The van der Waals surface area contributed by atoms with Crippen LogP contribution in [-0.4, -0.2) is 52.4 Å². The number of imide groups is 1. The molecule has 1 aliphatic rings. The Balaban J connectivity index is 1.75. The van der Waals surface area contributed by atoms with Gasteiger partial charge in [-0.3, -0.25) is 24.2 Å². The molecule has 7 nitrogen and oxygen atoms in total. The lowest BCUT2D eigenvalue weighted by Gasteiger charge is -2.33. The minimum atomic E-state index is -0.973. The fraction of sp³-hybridized carbons (Fsp3) is 0.444. The van der Waals surface area contributed by atoms with E-state index in [4.69, 9.17) is 16.3 Å². The van der Waals surface area contributed by atoms with Crippen LogP contribution in [0.1, 0.15) is 55.8 Å². The van der Waals surface area contributed by atoms with Gasteiger partial charge in [-0.05, 0) is 47.7 Å². The van der Waals surface area contributed by atoms with Crippen molar-refractivity contribution >= 4 is 29.4 Å². The highest BCUT2D eigenvalue weighted by Crippen LogP contribution is 2.30. The van der Waals surface area contributed by atoms with Crippen LogP contribution in [0.15, 0.2) is 36.4 Å². The molecule has 194 valence electrons. The molecule has 0 bridgehead atoms. The summed E-state index contributed by atoms with van der Waals surface area (Å²) in [6, 6.07) is 9.60. The van der Waals surface area contributed by atoms with E-state index >= 15 is 0 Å². The lowest BCUT2D eigenvalue weighted by Crippen LogP contribution is -2.33. The highest BCUT2D eigenvalue weighted by Gasteiger charge is 2.28. The average Bonchev–Trinajstić information content (AvgIpc) is 3.12. The third kappa shape index (κ3) is 7.27. The van der Waals surface area contributed by atoms with Gasteiger partial charge in [0.2, 0.25) is 11.8 Å². The fourth-order valence-corrected chi connectivity index (χ4v) is 4.56. The first-order chi connectivity index (χ1) is 17.0. The zero-order chi connectivity index (χ0) is 26.4. The molecule has 0 spiro atoms. The lowest BCUT2D eigenvalue weighted by molar-refractivity contribution is -0.140. The van der Waals surface area contributed by atoms with Crippen molar-refractivity contribution in [2.24, 2.45) is 5.92 Å². The Labute approximate surface area is 215 Å². The van der Waals surface area contributed by atoms with Crippen LogP contribution < -0.4 is 4.74 Å². The van der Waals surface area contributed by atoms with Gasteiger partial charge in [-0.25, -0.2) is 4.39 Å². The Morgan fingerprint density at radius 1 is 1.17 bits per heavy atom. The standard InChI is InChI=1S/C27H32ClFN2O5/c1-17(2)15-30(23(14-27(34)35)20-5-6-21(28)22(29)13-20)16-19-4-7-24(18(3)12-19)36-11-10-31-25(32)8-9-26(31)33/h4-7,12-13,17,23H,8-11,14-16H2,1-3H3,(H,34,35). The number of benzene rings is 2. The molecular weight excluding hydrogens is 487 g/mol. The van der Waals surface area contributed by atoms with E-state index in [1.807, 2.05) is 43.9 Å². The van der Waals surface area contributed by atoms with Crippen molar-refractivity contribution in [3.8, 4) is 5.75 Å². The largest absolute Gasteiger partial charge is 0.491 e. The van der Waals surface area contributed by atoms with Crippen molar-refractivity contribution in [1.82, 2.24) is 9.80 Å². The Bertz CT molecular complexity index is 1110. The van der Waals surface area contributed by atoms with Crippen LogP contribution in [0.4, 0.5) is 4.39 Å². The van der Waals surface area contributed by atoms with E-state index in [0.717, 1.165) is 11.1 Å². The number of aliphatic carboxylic acids is 1. The van der Waals surface area contributed by atoms with Crippen molar-refractivity contribution in [3.63, 3.8) is 0 Å². The van der Waals surface area contributed by atoms with E-state index in [-0.39, 0.29) is 55.2 Å². The predicted molar refractivity (Wildman–Crippen MR) is 134 cm³/mol. The maximum absolute atomic E-state index is 14.2. The molecule has 1 aliphatic heterocycles. The first-order valence-electron chi connectivity index (χ1n) is 12.0. The number of nitrogens with zero attached hydrogens (tertiary/aromatic N) is 2. The SMILES string of the molecule is Cc1cc(CN(CC(C)C)C(CC(=O)O)c2ccc(Cl)c(F)c2)ccc1OCCN1C(=O)CCC1=O. The molecule has 0 aliphatic carbocycles. The third-order valence-electron chi connectivity index (χ3n) is 6.09. The predicted octanol–water partition coefficient (Wildman–Crippen LogP) is 4.99. The average molecular weight is 519 g/mol. The number of carboxylic acid groups (broad SMARTS) is 1. The van der Waals surface area contributed by atoms with E-state index in [9.17, 15) is 23.9 Å². The van der Waals surface area contributed by atoms with Gasteiger partial charge in [-0.15, -0.1) is 0 Å². The molecule has 0 radical (unpaired) electrons. The number of carboxylic acids is 1. The van der Waals surface area contributed by atoms with Crippen molar-refractivity contribution in [3.05, 3.63) is 63.9 Å². The van der Waals surface area contributed by atoms with Gasteiger partial charge in [0.15, 0.2) is 0 Å². The highest BCUT2D eigenvalue weighted by molar-refractivity contribution is 6.30. The molecule has 3 rings (SSSR count). The number of rotatable bonds is 12. The van der Waals surface area contributed by atoms with Crippen molar-refractivity contribution in [1.29, 1.82) is 0 Å². The third-order valence-corrected chi connectivity index (χ3v) is 6.40. The summed E-state index contributed by atoms with van der Waals surface area (Å²) in [5, 5.41) is 9.58. The molecule has 1 fully saturated rings. The van der Waals surface area contributed by atoms with E-state index in [1.165, 1.54) is 17.0 Å². The smallest absolute Gasteiger partial charge is 0.305 e. The molecule has 0 saturated carbocycles. The van der Waals surface area contributed by atoms with Gasteiger partial charge in [0.25, 0.3) is 0 Å². The highest BCUT2D eigenvalue weighted by atomic mass is 35.5. The normalized spacial score (nSPS) is 14.7. The van der Waals surface area contributed by atoms with Crippen LogP contribution in [-0.2, 0) is 20.9 Å². The quantitative estimate of drug-likeness (QED) is 0.398. The van der Waals surface area contributed by atoms with Crippen molar-refractivity contribution < 1.29 is 28.6 Å². The Kier molecular flexibility index (Phi) is 9.45. The summed E-state index contributed by atoms with van der Waals surface area (Å²) in [5.41, 5.74) is 2.39. The van der Waals surface area contributed by atoms with Gasteiger partial charge < -0.3 is 9.84 Å². The second-order valence-electron chi connectivity index (χ2n) is 9.50.